The maximum absolute atomic E-state index is 9.61. The van der Waals surface area contributed by atoms with Crippen LogP contribution in [-0.2, 0) is 13.0 Å². The Kier molecular flexibility index (Phi) is 6.62. The van der Waals surface area contributed by atoms with Gasteiger partial charge < -0.3 is 10.4 Å². The minimum Gasteiger partial charge on any atom is -0.396 e. The molecule has 22 heavy (non-hydrogen) atoms. The predicted molar refractivity (Wildman–Crippen MR) is 96.0 cm³/mol. The Morgan fingerprint density at radius 3 is 2.55 bits per heavy atom. The van der Waals surface area contributed by atoms with E-state index in [4.69, 9.17) is 0 Å². The monoisotopic (exact) mass is 361 g/mol. The van der Waals surface area contributed by atoms with Gasteiger partial charge in [0.25, 0.3) is 0 Å². The van der Waals surface area contributed by atoms with Gasteiger partial charge in [-0.05, 0) is 54.5 Å². The van der Waals surface area contributed by atoms with Gasteiger partial charge in [0.15, 0.2) is 0 Å². The fourth-order valence-electron chi connectivity index (χ4n) is 2.59. The fraction of sp³-hybridized carbons (Fsp3) is 0.368. The Balaban J connectivity index is 1.86. The molecule has 3 heteroatoms. The Bertz CT molecular complexity index is 612. The summed E-state index contributed by atoms with van der Waals surface area (Å²) in [6.45, 7) is 6.09. The van der Waals surface area contributed by atoms with Gasteiger partial charge in [0.2, 0.25) is 0 Å². The third-order valence-electron chi connectivity index (χ3n) is 4.01. The molecule has 0 aliphatic rings. The second-order valence-corrected chi connectivity index (χ2v) is 6.75. The average Bonchev–Trinajstić information content (AvgIpc) is 2.51. The molecule has 0 aliphatic carbocycles. The minimum absolute atomic E-state index is 0.209. The van der Waals surface area contributed by atoms with Crippen molar-refractivity contribution in [2.24, 2.45) is 5.92 Å². The van der Waals surface area contributed by atoms with Crippen LogP contribution in [0.4, 0.5) is 0 Å². The topological polar surface area (TPSA) is 32.3 Å². The number of rotatable bonds is 7. The van der Waals surface area contributed by atoms with E-state index in [1.165, 1.54) is 22.3 Å². The number of nitrogens with one attached hydrogen (secondary N) is 1. The minimum atomic E-state index is 0.209. The first-order valence-corrected chi connectivity index (χ1v) is 8.50. The van der Waals surface area contributed by atoms with E-state index in [-0.39, 0.29) is 12.5 Å². The van der Waals surface area contributed by atoms with E-state index in [0.717, 1.165) is 24.0 Å². The van der Waals surface area contributed by atoms with Crippen molar-refractivity contribution in [3.63, 3.8) is 0 Å². The summed E-state index contributed by atoms with van der Waals surface area (Å²) in [6, 6.07) is 14.8. The lowest BCUT2D eigenvalue weighted by atomic mass is 9.96. The summed E-state index contributed by atoms with van der Waals surface area (Å²) in [5.41, 5.74) is 5.14. The zero-order chi connectivity index (χ0) is 15.9. The molecule has 2 nitrogen and oxygen atoms in total. The van der Waals surface area contributed by atoms with Gasteiger partial charge in [0.1, 0.15) is 0 Å². The number of hydrogen-bond donors (Lipinski definition) is 2. The number of hydrogen-bond acceptors (Lipinski definition) is 2. The van der Waals surface area contributed by atoms with Crippen LogP contribution < -0.4 is 5.32 Å². The fourth-order valence-corrected chi connectivity index (χ4v) is 2.84. The van der Waals surface area contributed by atoms with E-state index in [0.29, 0.717) is 0 Å². The molecular formula is C19H24BrNO. The van der Waals surface area contributed by atoms with Crippen LogP contribution in [0.5, 0.6) is 0 Å². The molecule has 2 aromatic carbocycles. The van der Waals surface area contributed by atoms with Gasteiger partial charge in [0.05, 0.1) is 0 Å². The zero-order valence-corrected chi connectivity index (χ0v) is 14.9. The lowest BCUT2D eigenvalue weighted by Crippen LogP contribution is -2.26. The molecule has 0 fully saturated rings. The van der Waals surface area contributed by atoms with Crippen LogP contribution in [-0.4, -0.2) is 18.3 Å². The summed E-state index contributed by atoms with van der Waals surface area (Å²) in [5, 5.41) is 13.1. The summed E-state index contributed by atoms with van der Waals surface area (Å²) in [6.07, 6.45) is 0.912. The number of benzene rings is 2. The predicted octanol–water partition coefficient (Wildman–Crippen LogP) is 4.01. The van der Waals surface area contributed by atoms with Gasteiger partial charge >= 0.3 is 0 Å². The molecule has 1 unspecified atom stereocenters. The molecule has 2 aromatic rings. The number of aryl methyl sites for hydroxylation is 2. The Hall–Kier alpha value is -1.16. The highest BCUT2D eigenvalue weighted by Gasteiger charge is 2.10. The number of halogens is 1. The average molecular weight is 362 g/mol. The van der Waals surface area contributed by atoms with Crippen LogP contribution in [0.1, 0.15) is 22.3 Å². The molecule has 2 rings (SSSR count). The second-order valence-electron chi connectivity index (χ2n) is 5.89. The molecule has 0 heterocycles. The van der Waals surface area contributed by atoms with Gasteiger partial charge in [-0.15, -0.1) is 0 Å². The summed E-state index contributed by atoms with van der Waals surface area (Å²) in [7, 11) is 0. The maximum Gasteiger partial charge on any atom is 0.0474 e. The number of aliphatic hydroxyl groups excluding tert-OH is 1. The molecule has 0 spiro atoms. The van der Waals surface area contributed by atoms with Crippen molar-refractivity contribution >= 4 is 15.9 Å². The van der Waals surface area contributed by atoms with Crippen molar-refractivity contribution in [3.05, 3.63) is 69.2 Å². The molecule has 0 bridgehead atoms. The van der Waals surface area contributed by atoms with Crippen LogP contribution in [0.3, 0.4) is 0 Å². The van der Waals surface area contributed by atoms with Crippen LogP contribution in [0, 0.1) is 19.8 Å². The van der Waals surface area contributed by atoms with Crippen LogP contribution in [0.25, 0.3) is 0 Å². The first kappa shape index (κ1) is 17.2. The third kappa shape index (κ3) is 4.94. The van der Waals surface area contributed by atoms with E-state index >= 15 is 0 Å². The van der Waals surface area contributed by atoms with E-state index < -0.39 is 0 Å². The standard InChI is InChI=1S/C19H24BrNO/c1-14-5-3-4-6-18(14)10-17(13-22)12-21-11-16-7-8-19(20)15(2)9-16/h3-9,17,21-22H,10-13H2,1-2H3. The molecular weight excluding hydrogens is 338 g/mol. The normalized spacial score (nSPS) is 12.4. The Morgan fingerprint density at radius 2 is 1.86 bits per heavy atom. The summed E-state index contributed by atoms with van der Waals surface area (Å²) >= 11 is 3.52. The van der Waals surface area contributed by atoms with Crippen LogP contribution in [0.2, 0.25) is 0 Å². The van der Waals surface area contributed by atoms with Crippen molar-refractivity contribution in [2.45, 2.75) is 26.8 Å². The SMILES string of the molecule is Cc1cc(CNCC(CO)Cc2ccccc2C)ccc1Br. The molecule has 0 aliphatic heterocycles. The van der Waals surface area contributed by atoms with Gasteiger partial charge in [-0.2, -0.15) is 0 Å². The Labute approximate surface area is 141 Å². The molecule has 0 saturated carbocycles. The Morgan fingerprint density at radius 1 is 1.09 bits per heavy atom. The molecule has 1 atom stereocenters. The first-order chi connectivity index (χ1) is 10.6. The zero-order valence-electron chi connectivity index (χ0n) is 13.3. The number of aliphatic hydroxyl groups is 1. The molecule has 0 radical (unpaired) electrons. The highest BCUT2D eigenvalue weighted by molar-refractivity contribution is 9.10. The van der Waals surface area contributed by atoms with Gasteiger partial charge in [-0.25, -0.2) is 0 Å². The molecule has 0 saturated heterocycles. The van der Waals surface area contributed by atoms with Crippen molar-refractivity contribution in [3.8, 4) is 0 Å². The summed E-state index contributed by atoms with van der Waals surface area (Å²) < 4.78 is 1.14. The van der Waals surface area contributed by atoms with Crippen molar-refractivity contribution < 1.29 is 5.11 Å². The summed E-state index contributed by atoms with van der Waals surface area (Å²) in [4.78, 5) is 0. The quantitative estimate of drug-likeness (QED) is 0.780. The highest BCUT2D eigenvalue weighted by Crippen LogP contribution is 2.17. The first-order valence-electron chi connectivity index (χ1n) is 7.71. The smallest absolute Gasteiger partial charge is 0.0474 e. The molecule has 118 valence electrons. The highest BCUT2D eigenvalue weighted by atomic mass is 79.9. The molecule has 2 N–H and O–H groups in total. The largest absolute Gasteiger partial charge is 0.396 e. The molecule has 0 aromatic heterocycles. The van der Waals surface area contributed by atoms with E-state index in [1.54, 1.807) is 0 Å². The van der Waals surface area contributed by atoms with E-state index in [2.05, 4.69) is 77.6 Å². The van der Waals surface area contributed by atoms with Crippen molar-refractivity contribution in [1.29, 1.82) is 0 Å². The lowest BCUT2D eigenvalue weighted by Gasteiger charge is -2.17. The molecule has 0 amide bonds. The van der Waals surface area contributed by atoms with Gasteiger partial charge in [-0.3, -0.25) is 0 Å². The summed E-state index contributed by atoms with van der Waals surface area (Å²) in [5.74, 6) is 0.248. The second kappa shape index (κ2) is 8.47. The van der Waals surface area contributed by atoms with Gasteiger partial charge in [-0.1, -0.05) is 52.3 Å². The third-order valence-corrected chi connectivity index (χ3v) is 4.90. The van der Waals surface area contributed by atoms with Crippen molar-refractivity contribution in [2.75, 3.05) is 13.2 Å². The van der Waals surface area contributed by atoms with E-state index in [9.17, 15) is 5.11 Å². The maximum atomic E-state index is 9.61. The van der Waals surface area contributed by atoms with Crippen molar-refractivity contribution in [1.82, 2.24) is 5.32 Å². The lowest BCUT2D eigenvalue weighted by molar-refractivity contribution is 0.221. The van der Waals surface area contributed by atoms with Crippen LogP contribution >= 0.6 is 15.9 Å². The van der Waals surface area contributed by atoms with Gasteiger partial charge in [0, 0.05) is 24.2 Å². The van der Waals surface area contributed by atoms with Crippen LogP contribution in [0.15, 0.2) is 46.9 Å². The van der Waals surface area contributed by atoms with E-state index in [1.807, 2.05) is 0 Å².